The molecule has 2 unspecified atom stereocenters. The van der Waals surface area contributed by atoms with Crippen LogP contribution in [0.4, 0.5) is 0 Å². The van der Waals surface area contributed by atoms with Gasteiger partial charge in [-0.1, -0.05) is 37.1 Å². The quantitative estimate of drug-likeness (QED) is 0.770. The number of hydrogen-bond acceptors (Lipinski definition) is 3. The van der Waals surface area contributed by atoms with Gasteiger partial charge in [-0.15, -0.1) is 0 Å². The zero-order valence-electron chi connectivity index (χ0n) is 16.7. The number of aliphatic hydroxyl groups excluding tert-OH is 1. The first-order chi connectivity index (χ1) is 13.8. The standard InChI is InChI=1S/C24H32N2O2/c27-24(18-9-11-19(12-10-18)28-15-17-5-1-2-6-17)13-22-20-7-3-4-8-21(20)23-14-25-16-26(22)23/h3-4,7-8,14,16-19,22,24,27H,1-2,5-6,9-13,15H2. The van der Waals surface area contributed by atoms with E-state index in [1.807, 2.05) is 12.5 Å². The van der Waals surface area contributed by atoms with Gasteiger partial charge in [0, 0.05) is 12.2 Å². The van der Waals surface area contributed by atoms with Crippen LogP contribution >= 0.6 is 0 Å². The van der Waals surface area contributed by atoms with E-state index < -0.39 is 0 Å². The van der Waals surface area contributed by atoms with Crippen LogP contribution in [0.1, 0.15) is 69.4 Å². The number of ether oxygens (including phenoxy) is 1. The highest BCUT2D eigenvalue weighted by Crippen LogP contribution is 2.43. The van der Waals surface area contributed by atoms with Gasteiger partial charge >= 0.3 is 0 Å². The van der Waals surface area contributed by atoms with Gasteiger partial charge in [0.15, 0.2) is 0 Å². The van der Waals surface area contributed by atoms with Crippen molar-refractivity contribution >= 4 is 0 Å². The molecule has 28 heavy (non-hydrogen) atoms. The molecule has 2 heterocycles. The summed E-state index contributed by atoms with van der Waals surface area (Å²) >= 11 is 0. The van der Waals surface area contributed by atoms with Gasteiger partial charge in [0.05, 0.1) is 36.5 Å². The molecule has 1 aliphatic heterocycles. The molecular formula is C24H32N2O2. The first kappa shape index (κ1) is 18.4. The molecule has 0 bridgehead atoms. The van der Waals surface area contributed by atoms with Crippen molar-refractivity contribution in [1.82, 2.24) is 9.55 Å². The summed E-state index contributed by atoms with van der Waals surface area (Å²) in [7, 11) is 0. The Morgan fingerprint density at radius 2 is 1.86 bits per heavy atom. The predicted octanol–water partition coefficient (Wildman–Crippen LogP) is 4.97. The summed E-state index contributed by atoms with van der Waals surface area (Å²) < 4.78 is 8.46. The largest absolute Gasteiger partial charge is 0.393 e. The number of hydrogen-bond donors (Lipinski definition) is 1. The summed E-state index contributed by atoms with van der Waals surface area (Å²) in [5, 5.41) is 11.0. The molecule has 2 atom stereocenters. The van der Waals surface area contributed by atoms with Crippen LogP contribution in [0.3, 0.4) is 0 Å². The monoisotopic (exact) mass is 380 g/mol. The highest BCUT2D eigenvalue weighted by atomic mass is 16.5. The van der Waals surface area contributed by atoms with Crippen LogP contribution in [0.5, 0.6) is 0 Å². The predicted molar refractivity (Wildman–Crippen MR) is 110 cm³/mol. The second-order valence-electron chi connectivity index (χ2n) is 9.11. The van der Waals surface area contributed by atoms with Gasteiger partial charge in [-0.2, -0.15) is 0 Å². The summed E-state index contributed by atoms with van der Waals surface area (Å²) in [6.45, 7) is 0.958. The van der Waals surface area contributed by atoms with E-state index in [9.17, 15) is 5.11 Å². The van der Waals surface area contributed by atoms with Crippen molar-refractivity contribution in [2.75, 3.05) is 6.61 Å². The van der Waals surface area contributed by atoms with Crippen LogP contribution in [0.25, 0.3) is 11.3 Å². The van der Waals surface area contributed by atoms with Crippen LogP contribution in [-0.2, 0) is 4.74 Å². The van der Waals surface area contributed by atoms with E-state index in [4.69, 9.17) is 4.74 Å². The second kappa shape index (κ2) is 8.00. The maximum Gasteiger partial charge on any atom is 0.0956 e. The normalized spacial score (nSPS) is 28.2. The first-order valence-corrected chi connectivity index (χ1v) is 11.2. The van der Waals surface area contributed by atoms with Gasteiger partial charge in [-0.05, 0) is 62.3 Å². The van der Waals surface area contributed by atoms with E-state index in [0.717, 1.165) is 44.6 Å². The van der Waals surface area contributed by atoms with Crippen molar-refractivity contribution < 1.29 is 9.84 Å². The van der Waals surface area contributed by atoms with Gasteiger partial charge in [0.25, 0.3) is 0 Å². The lowest BCUT2D eigenvalue weighted by Gasteiger charge is -2.33. The molecule has 2 fully saturated rings. The summed E-state index contributed by atoms with van der Waals surface area (Å²) in [5.41, 5.74) is 3.77. The third-order valence-electron chi connectivity index (χ3n) is 7.37. The number of aromatic nitrogens is 2. The minimum Gasteiger partial charge on any atom is -0.393 e. The van der Waals surface area contributed by atoms with Gasteiger partial charge in [-0.25, -0.2) is 4.98 Å². The van der Waals surface area contributed by atoms with Gasteiger partial charge < -0.3 is 14.4 Å². The van der Waals surface area contributed by atoms with Gasteiger partial charge in [-0.3, -0.25) is 0 Å². The van der Waals surface area contributed by atoms with E-state index in [1.165, 1.54) is 42.5 Å². The molecule has 1 N–H and O–H groups in total. The molecule has 150 valence electrons. The van der Waals surface area contributed by atoms with Crippen LogP contribution < -0.4 is 0 Å². The molecule has 2 saturated carbocycles. The smallest absolute Gasteiger partial charge is 0.0956 e. The second-order valence-corrected chi connectivity index (χ2v) is 9.11. The van der Waals surface area contributed by atoms with Crippen molar-refractivity contribution in [3.8, 4) is 11.3 Å². The Bertz CT molecular complexity index is 787. The zero-order chi connectivity index (χ0) is 18.9. The van der Waals surface area contributed by atoms with Crippen molar-refractivity contribution in [2.24, 2.45) is 11.8 Å². The number of benzene rings is 1. The lowest BCUT2D eigenvalue weighted by molar-refractivity contribution is -0.0201. The van der Waals surface area contributed by atoms with Crippen molar-refractivity contribution in [3.63, 3.8) is 0 Å². The van der Waals surface area contributed by atoms with E-state index in [2.05, 4.69) is 33.8 Å². The van der Waals surface area contributed by atoms with Gasteiger partial charge in [0.2, 0.25) is 0 Å². The molecule has 1 aromatic carbocycles. The summed E-state index contributed by atoms with van der Waals surface area (Å²) in [6, 6.07) is 8.77. The molecule has 4 heteroatoms. The van der Waals surface area contributed by atoms with Crippen molar-refractivity contribution in [2.45, 2.75) is 76.0 Å². The number of nitrogens with zero attached hydrogens (tertiary/aromatic N) is 2. The van der Waals surface area contributed by atoms with E-state index in [0.29, 0.717) is 12.0 Å². The summed E-state index contributed by atoms with van der Waals surface area (Å²) in [5.74, 6) is 1.20. The molecule has 5 rings (SSSR count). The number of rotatable bonds is 6. The van der Waals surface area contributed by atoms with Crippen molar-refractivity contribution in [3.05, 3.63) is 42.4 Å². The molecule has 4 nitrogen and oxygen atoms in total. The Labute approximate surface area is 167 Å². The average molecular weight is 381 g/mol. The summed E-state index contributed by atoms with van der Waals surface area (Å²) in [4.78, 5) is 4.34. The SMILES string of the molecule is OC(CC1c2ccccc2-c2cncn21)C1CCC(OCC2CCCC2)CC1. The van der Waals surface area contributed by atoms with Crippen LogP contribution in [0.2, 0.25) is 0 Å². The lowest BCUT2D eigenvalue weighted by Crippen LogP contribution is -2.31. The fourth-order valence-electron chi connectivity index (χ4n) is 5.68. The van der Waals surface area contributed by atoms with Crippen LogP contribution in [0.15, 0.2) is 36.8 Å². The fraction of sp³-hybridized carbons (Fsp3) is 0.625. The topological polar surface area (TPSA) is 47.3 Å². The number of fused-ring (bicyclic) bond motifs is 3. The molecule has 1 aromatic heterocycles. The first-order valence-electron chi connectivity index (χ1n) is 11.2. The third kappa shape index (κ3) is 3.53. The summed E-state index contributed by atoms with van der Waals surface area (Å²) in [6.07, 6.45) is 14.6. The average Bonchev–Trinajstić information content (AvgIpc) is 3.46. The zero-order valence-corrected chi connectivity index (χ0v) is 16.7. The van der Waals surface area contributed by atoms with Gasteiger partial charge in [0.1, 0.15) is 0 Å². The minimum atomic E-state index is -0.262. The molecule has 0 spiro atoms. The molecule has 2 aromatic rings. The number of aliphatic hydroxyl groups is 1. The molecule has 0 saturated heterocycles. The Kier molecular flexibility index (Phi) is 5.25. The molecular weight excluding hydrogens is 348 g/mol. The Morgan fingerprint density at radius 3 is 2.68 bits per heavy atom. The number of imidazole rings is 1. The van der Waals surface area contributed by atoms with E-state index in [1.54, 1.807) is 0 Å². The Hall–Kier alpha value is -1.65. The molecule has 2 aliphatic carbocycles. The third-order valence-corrected chi connectivity index (χ3v) is 7.37. The maximum atomic E-state index is 11.0. The van der Waals surface area contributed by atoms with E-state index in [-0.39, 0.29) is 12.1 Å². The highest BCUT2D eigenvalue weighted by molar-refractivity contribution is 5.68. The Morgan fingerprint density at radius 1 is 1.07 bits per heavy atom. The van der Waals surface area contributed by atoms with Crippen molar-refractivity contribution in [1.29, 1.82) is 0 Å². The minimum absolute atomic E-state index is 0.208. The molecule has 3 aliphatic rings. The Balaban J connectivity index is 1.17. The molecule has 0 radical (unpaired) electrons. The van der Waals surface area contributed by atoms with E-state index >= 15 is 0 Å². The molecule has 0 amide bonds. The lowest BCUT2D eigenvalue weighted by atomic mass is 9.81. The van der Waals surface area contributed by atoms with Crippen LogP contribution in [-0.4, -0.2) is 33.5 Å². The highest BCUT2D eigenvalue weighted by Gasteiger charge is 2.34. The maximum absolute atomic E-state index is 11.0. The van der Waals surface area contributed by atoms with Crippen LogP contribution in [0, 0.1) is 11.8 Å². The fourth-order valence-corrected chi connectivity index (χ4v) is 5.68.